The Kier molecular flexibility index (Phi) is 5.52. The number of amides is 1. The van der Waals surface area contributed by atoms with Gasteiger partial charge in [-0.15, -0.1) is 0 Å². The number of carbonyl (C=O) groups is 2. The van der Waals surface area contributed by atoms with E-state index in [1.54, 1.807) is 60.7 Å². The summed E-state index contributed by atoms with van der Waals surface area (Å²) >= 11 is 3.35. The molecule has 2 N–H and O–H groups in total. The molecule has 3 aromatic carbocycles. The van der Waals surface area contributed by atoms with E-state index in [0.717, 1.165) is 4.47 Å². The summed E-state index contributed by atoms with van der Waals surface area (Å²) in [5.41, 5.74) is 1.45. The van der Waals surface area contributed by atoms with Gasteiger partial charge in [-0.1, -0.05) is 40.2 Å². The zero-order chi connectivity index (χ0) is 22.1. The second-order valence-electron chi connectivity index (χ2n) is 6.97. The van der Waals surface area contributed by atoms with Gasteiger partial charge >= 0.3 is 0 Å². The number of rotatable bonds is 4. The number of carbonyl (C=O) groups excluding carboxylic acids is 2. The van der Waals surface area contributed by atoms with Crippen LogP contribution >= 0.6 is 15.9 Å². The van der Waals surface area contributed by atoms with E-state index in [9.17, 15) is 19.8 Å². The first kappa shape index (κ1) is 20.7. The molecule has 1 fully saturated rings. The average Bonchev–Trinajstić information content (AvgIpc) is 3.05. The number of hydrogen-bond donors (Lipinski definition) is 2. The van der Waals surface area contributed by atoms with E-state index < -0.39 is 17.7 Å². The number of hydrogen-bond acceptors (Lipinski definition) is 5. The van der Waals surface area contributed by atoms with Crippen LogP contribution in [0, 0.1) is 0 Å². The van der Waals surface area contributed by atoms with Gasteiger partial charge < -0.3 is 14.9 Å². The molecular formula is C24H18BrNO5. The molecule has 1 atom stereocenters. The van der Waals surface area contributed by atoms with Crippen molar-refractivity contribution in [1.82, 2.24) is 0 Å². The van der Waals surface area contributed by atoms with Gasteiger partial charge in [0, 0.05) is 15.7 Å². The Morgan fingerprint density at radius 3 is 2.13 bits per heavy atom. The molecule has 0 radical (unpaired) electrons. The maximum Gasteiger partial charge on any atom is 0.300 e. The summed E-state index contributed by atoms with van der Waals surface area (Å²) in [6, 6.07) is 18.9. The number of halogens is 1. The van der Waals surface area contributed by atoms with Crippen LogP contribution in [0.1, 0.15) is 17.2 Å². The van der Waals surface area contributed by atoms with Gasteiger partial charge in [-0.3, -0.25) is 14.5 Å². The van der Waals surface area contributed by atoms with Gasteiger partial charge in [0.1, 0.15) is 17.3 Å². The Balaban J connectivity index is 1.91. The summed E-state index contributed by atoms with van der Waals surface area (Å²) < 4.78 is 6.00. The number of phenolic OH excluding ortho intramolecular Hbond substituents is 1. The fourth-order valence-electron chi connectivity index (χ4n) is 3.58. The SMILES string of the molecule is COc1ccc(N2C(=O)C(=O)/C(=C(/O)c3ccc(Br)cc3)C2c2ccc(O)cc2)cc1. The van der Waals surface area contributed by atoms with Crippen LogP contribution < -0.4 is 9.64 Å². The van der Waals surface area contributed by atoms with E-state index in [2.05, 4.69) is 15.9 Å². The molecule has 0 spiro atoms. The number of aliphatic hydroxyl groups is 1. The number of ether oxygens (including phenoxy) is 1. The highest BCUT2D eigenvalue weighted by molar-refractivity contribution is 9.10. The number of Topliss-reactive ketones (excluding diaryl/α,β-unsaturated/α-hetero) is 1. The van der Waals surface area contributed by atoms with Crippen LogP contribution in [0.5, 0.6) is 11.5 Å². The van der Waals surface area contributed by atoms with Crippen LogP contribution in [0.4, 0.5) is 5.69 Å². The minimum Gasteiger partial charge on any atom is -0.508 e. The number of phenols is 1. The fourth-order valence-corrected chi connectivity index (χ4v) is 3.84. The lowest BCUT2D eigenvalue weighted by molar-refractivity contribution is -0.132. The van der Waals surface area contributed by atoms with Crippen LogP contribution in [0.15, 0.2) is 82.8 Å². The quantitative estimate of drug-likeness (QED) is 0.319. The molecule has 7 heteroatoms. The van der Waals surface area contributed by atoms with Crippen LogP contribution in [0.3, 0.4) is 0 Å². The molecule has 1 saturated heterocycles. The second-order valence-corrected chi connectivity index (χ2v) is 7.88. The largest absolute Gasteiger partial charge is 0.508 e. The van der Waals surface area contributed by atoms with Crippen molar-refractivity contribution in [2.45, 2.75) is 6.04 Å². The topological polar surface area (TPSA) is 87.1 Å². The van der Waals surface area contributed by atoms with Crippen molar-refractivity contribution in [2.75, 3.05) is 12.0 Å². The van der Waals surface area contributed by atoms with E-state index in [-0.39, 0.29) is 17.1 Å². The summed E-state index contributed by atoms with van der Waals surface area (Å²) in [4.78, 5) is 27.5. The maximum absolute atomic E-state index is 13.1. The van der Waals surface area contributed by atoms with Gasteiger partial charge in [-0.2, -0.15) is 0 Å². The van der Waals surface area contributed by atoms with Crippen molar-refractivity contribution in [2.24, 2.45) is 0 Å². The molecule has 3 aromatic rings. The summed E-state index contributed by atoms with van der Waals surface area (Å²) in [7, 11) is 1.54. The number of ketones is 1. The standard InChI is InChI=1S/C24H18BrNO5/c1-31-19-12-8-17(9-13-19)26-21(14-4-10-18(27)11-5-14)20(23(29)24(26)30)22(28)15-2-6-16(25)7-3-15/h2-13,21,27-28H,1H3/b22-20+. The van der Waals surface area contributed by atoms with Crippen molar-refractivity contribution in [1.29, 1.82) is 0 Å². The normalized spacial score (nSPS) is 17.7. The molecular weight excluding hydrogens is 462 g/mol. The van der Waals surface area contributed by atoms with Crippen molar-refractivity contribution in [3.63, 3.8) is 0 Å². The van der Waals surface area contributed by atoms with Gasteiger partial charge in [0.2, 0.25) is 0 Å². The number of aliphatic hydroxyl groups excluding tert-OH is 1. The van der Waals surface area contributed by atoms with E-state index in [0.29, 0.717) is 22.6 Å². The van der Waals surface area contributed by atoms with Crippen LogP contribution in [-0.2, 0) is 9.59 Å². The average molecular weight is 480 g/mol. The summed E-state index contributed by atoms with van der Waals surface area (Å²) in [5, 5.41) is 20.7. The molecule has 4 rings (SSSR count). The predicted octanol–water partition coefficient (Wildman–Crippen LogP) is 4.79. The Bertz CT molecular complexity index is 1170. The Labute approximate surface area is 187 Å². The molecule has 1 heterocycles. The third kappa shape index (κ3) is 3.80. The van der Waals surface area contributed by atoms with Crippen LogP contribution in [-0.4, -0.2) is 29.0 Å². The van der Waals surface area contributed by atoms with Crippen molar-refractivity contribution in [3.8, 4) is 11.5 Å². The molecule has 6 nitrogen and oxygen atoms in total. The van der Waals surface area contributed by atoms with E-state index in [1.165, 1.54) is 24.1 Å². The first-order valence-corrected chi connectivity index (χ1v) is 10.2. The molecule has 1 amide bonds. The molecule has 156 valence electrons. The lowest BCUT2D eigenvalue weighted by Crippen LogP contribution is -2.29. The Morgan fingerprint density at radius 1 is 0.935 bits per heavy atom. The smallest absolute Gasteiger partial charge is 0.300 e. The maximum atomic E-state index is 13.1. The minimum atomic E-state index is -0.863. The van der Waals surface area contributed by atoms with Gasteiger partial charge in [0.15, 0.2) is 0 Å². The number of aromatic hydroxyl groups is 1. The highest BCUT2D eigenvalue weighted by Gasteiger charge is 2.46. The van der Waals surface area contributed by atoms with E-state index in [4.69, 9.17) is 4.74 Å². The third-order valence-electron chi connectivity index (χ3n) is 5.12. The Morgan fingerprint density at radius 2 is 1.55 bits per heavy atom. The number of benzene rings is 3. The zero-order valence-electron chi connectivity index (χ0n) is 16.4. The van der Waals surface area contributed by atoms with E-state index >= 15 is 0 Å². The fraction of sp³-hybridized carbons (Fsp3) is 0.0833. The number of nitrogens with zero attached hydrogens (tertiary/aromatic N) is 1. The van der Waals surface area contributed by atoms with Gasteiger partial charge in [0.25, 0.3) is 11.7 Å². The first-order valence-electron chi connectivity index (χ1n) is 9.40. The molecule has 1 aliphatic rings. The molecule has 1 aliphatic heterocycles. The zero-order valence-corrected chi connectivity index (χ0v) is 18.0. The molecule has 0 bridgehead atoms. The van der Waals surface area contributed by atoms with E-state index in [1.807, 2.05) is 0 Å². The second kappa shape index (κ2) is 8.28. The van der Waals surface area contributed by atoms with Gasteiger partial charge in [0.05, 0.1) is 18.7 Å². The van der Waals surface area contributed by atoms with Crippen LogP contribution in [0.25, 0.3) is 5.76 Å². The van der Waals surface area contributed by atoms with Gasteiger partial charge in [-0.05, 0) is 54.1 Å². The minimum absolute atomic E-state index is 0.0196. The number of methoxy groups -OCH3 is 1. The molecule has 0 saturated carbocycles. The highest BCUT2D eigenvalue weighted by atomic mass is 79.9. The number of anilines is 1. The molecule has 1 unspecified atom stereocenters. The third-order valence-corrected chi connectivity index (χ3v) is 5.65. The first-order chi connectivity index (χ1) is 14.9. The predicted molar refractivity (Wildman–Crippen MR) is 120 cm³/mol. The van der Waals surface area contributed by atoms with Crippen molar-refractivity contribution >= 4 is 39.1 Å². The molecule has 31 heavy (non-hydrogen) atoms. The lowest BCUT2D eigenvalue weighted by atomic mass is 9.95. The van der Waals surface area contributed by atoms with Crippen LogP contribution in [0.2, 0.25) is 0 Å². The summed E-state index contributed by atoms with van der Waals surface area (Å²) in [6.07, 6.45) is 0. The summed E-state index contributed by atoms with van der Waals surface area (Å²) in [5.74, 6) is -1.13. The highest BCUT2D eigenvalue weighted by Crippen LogP contribution is 2.42. The summed E-state index contributed by atoms with van der Waals surface area (Å²) in [6.45, 7) is 0. The van der Waals surface area contributed by atoms with Crippen molar-refractivity contribution in [3.05, 3.63) is 94.0 Å². The van der Waals surface area contributed by atoms with Gasteiger partial charge in [-0.25, -0.2) is 0 Å². The lowest BCUT2D eigenvalue weighted by Gasteiger charge is -2.25. The van der Waals surface area contributed by atoms with Crippen molar-refractivity contribution < 1.29 is 24.5 Å². The molecule has 0 aliphatic carbocycles. The Hall–Kier alpha value is -3.58. The molecule has 0 aromatic heterocycles. The monoisotopic (exact) mass is 479 g/mol.